The van der Waals surface area contributed by atoms with Gasteiger partial charge in [0, 0.05) is 12.5 Å². The molecule has 2 unspecified atom stereocenters. The maximum atomic E-state index is 12.6. The monoisotopic (exact) mass is 323 g/mol. The second-order valence-corrected chi connectivity index (χ2v) is 6.99. The minimum Gasteiger partial charge on any atom is -0.393 e. The fourth-order valence-corrected chi connectivity index (χ4v) is 3.40. The molecule has 2 N–H and O–H groups in total. The van der Waals surface area contributed by atoms with E-state index in [2.05, 4.69) is 5.32 Å². The number of aliphatic hydroxyl groups is 1. The Morgan fingerprint density at radius 3 is 2.48 bits per heavy atom. The van der Waals surface area contributed by atoms with Crippen LogP contribution in [0.1, 0.15) is 19.3 Å². The van der Waals surface area contributed by atoms with Gasteiger partial charge in [-0.15, -0.1) is 0 Å². The minimum absolute atomic E-state index is 0.0772. The molecule has 2 atom stereocenters. The summed E-state index contributed by atoms with van der Waals surface area (Å²) in [7, 11) is -5.39. The van der Waals surface area contributed by atoms with Crippen LogP contribution in [0.2, 0.25) is 0 Å². The fourth-order valence-electron chi connectivity index (χ4n) is 2.47. The first kappa shape index (κ1) is 16.1. The molecular weight excluding hydrogens is 307 g/mol. The van der Waals surface area contributed by atoms with Crippen LogP contribution < -0.4 is 5.32 Å². The molecule has 2 rings (SSSR count). The second kappa shape index (κ2) is 5.84. The van der Waals surface area contributed by atoms with Gasteiger partial charge in [0.05, 0.1) is 16.7 Å². The van der Waals surface area contributed by atoms with Crippen LogP contribution >= 0.6 is 0 Å². The molecule has 8 heteroatoms. The van der Waals surface area contributed by atoms with Crippen molar-refractivity contribution < 1.29 is 26.7 Å². The Hall–Kier alpha value is -1.28. The molecule has 1 aliphatic rings. The van der Waals surface area contributed by atoms with Crippen LogP contribution in [-0.2, 0) is 9.84 Å². The molecule has 0 bridgehead atoms. The Balaban J connectivity index is 2.22. The standard InChI is InChI=1S/C13H16F3NO3S/c14-13(15,16)21(19,20)12-7-2-1-5-10(12)17-8-9-4-3-6-11(9)18/h1-2,5,7,9,11,17-18H,3-4,6,8H2. The smallest absolute Gasteiger partial charge is 0.393 e. The van der Waals surface area contributed by atoms with Gasteiger partial charge in [-0.1, -0.05) is 18.6 Å². The lowest BCUT2D eigenvalue weighted by atomic mass is 10.1. The predicted molar refractivity (Wildman–Crippen MR) is 71.5 cm³/mol. The number of halogens is 3. The molecule has 0 spiro atoms. The van der Waals surface area contributed by atoms with Gasteiger partial charge in [-0.05, 0) is 25.0 Å². The quantitative estimate of drug-likeness (QED) is 0.894. The topological polar surface area (TPSA) is 66.4 Å². The van der Waals surface area contributed by atoms with E-state index in [0.717, 1.165) is 18.9 Å². The van der Waals surface area contributed by atoms with Gasteiger partial charge in [-0.25, -0.2) is 8.42 Å². The van der Waals surface area contributed by atoms with Crippen LogP contribution in [-0.4, -0.2) is 31.7 Å². The molecule has 4 nitrogen and oxygen atoms in total. The van der Waals surface area contributed by atoms with E-state index in [9.17, 15) is 26.7 Å². The fraction of sp³-hybridized carbons (Fsp3) is 0.538. The van der Waals surface area contributed by atoms with Crippen molar-refractivity contribution in [3.8, 4) is 0 Å². The Labute approximate surface area is 120 Å². The van der Waals surface area contributed by atoms with E-state index < -0.39 is 26.3 Å². The predicted octanol–water partition coefficient (Wildman–Crippen LogP) is 2.55. The van der Waals surface area contributed by atoms with Crippen molar-refractivity contribution in [1.29, 1.82) is 0 Å². The van der Waals surface area contributed by atoms with E-state index in [1.807, 2.05) is 0 Å². The van der Waals surface area contributed by atoms with Crippen molar-refractivity contribution in [3.05, 3.63) is 24.3 Å². The number of sulfone groups is 1. The van der Waals surface area contributed by atoms with E-state index >= 15 is 0 Å². The summed E-state index contributed by atoms with van der Waals surface area (Å²) >= 11 is 0. The van der Waals surface area contributed by atoms with E-state index in [1.165, 1.54) is 18.2 Å². The average molecular weight is 323 g/mol. The lowest BCUT2D eigenvalue weighted by Crippen LogP contribution is -2.26. The molecule has 0 heterocycles. The van der Waals surface area contributed by atoms with Crippen molar-refractivity contribution >= 4 is 15.5 Å². The average Bonchev–Trinajstić information content (AvgIpc) is 2.81. The normalized spacial score (nSPS) is 23.2. The molecule has 1 aromatic rings. The molecule has 0 aliphatic heterocycles. The van der Waals surface area contributed by atoms with E-state index in [4.69, 9.17) is 0 Å². The van der Waals surface area contributed by atoms with E-state index in [1.54, 1.807) is 0 Å². The number of nitrogens with one attached hydrogen (secondary N) is 1. The molecular formula is C13H16F3NO3S. The molecule has 0 amide bonds. The maximum absolute atomic E-state index is 12.6. The van der Waals surface area contributed by atoms with Crippen molar-refractivity contribution in [3.63, 3.8) is 0 Å². The third kappa shape index (κ3) is 3.32. The summed E-state index contributed by atoms with van der Waals surface area (Å²) in [5.74, 6) is -0.0772. The number of aliphatic hydroxyl groups excluding tert-OH is 1. The highest BCUT2D eigenvalue weighted by atomic mass is 32.2. The van der Waals surface area contributed by atoms with Gasteiger partial charge in [0.2, 0.25) is 0 Å². The highest BCUT2D eigenvalue weighted by molar-refractivity contribution is 7.92. The zero-order valence-electron chi connectivity index (χ0n) is 11.1. The summed E-state index contributed by atoms with van der Waals surface area (Å²) in [6, 6.07) is 4.92. The third-order valence-corrected chi connectivity index (χ3v) is 5.20. The molecule has 0 radical (unpaired) electrons. The molecule has 0 saturated heterocycles. The van der Waals surface area contributed by atoms with Crippen LogP contribution in [0.25, 0.3) is 0 Å². The molecule has 21 heavy (non-hydrogen) atoms. The lowest BCUT2D eigenvalue weighted by Gasteiger charge is -2.18. The van der Waals surface area contributed by atoms with Gasteiger partial charge in [0.25, 0.3) is 9.84 Å². The van der Waals surface area contributed by atoms with Crippen molar-refractivity contribution in [2.75, 3.05) is 11.9 Å². The molecule has 0 aromatic heterocycles. The number of hydrogen-bond donors (Lipinski definition) is 2. The second-order valence-electron chi connectivity index (χ2n) is 5.08. The SMILES string of the molecule is O=S(=O)(c1ccccc1NCC1CCCC1O)C(F)(F)F. The maximum Gasteiger partial charge on any atom is 0.501 e. The number of para-hydroxylation sites is 1. The number of benzene rings is 1. The summed E-state index contributed by atoms with van der Waals surface area (Å²) in [4.78, 5) is -0.787. The zero-order chi connectivity index (χ0) is 15.7. The summed E-state index contributed by atoms with van der Waals surface area (Å²) in [6.07, 6.45) is 1.79. The first-order chi connectivity index (χ1) is 9.73. The van der Waals surface area contributed by atoms with Crippen LogP contribution in [0.5, 0.6) is 0 Å². The van der Waals surface area contributed by atoms with Crippen LogP contribution in [0, 0.1) is 5.92 Å². The van der Waals surface area contributed by atoms with E-state index in [-0.39, 0.29) is 18.2 Å². The van der Waals surface area contributed by atoms with Gasteiger partial charge in [0.1, 0.15) is 0 Å². The number of rotatable bonds is 4. The zero-order valence-corrected chi connectivity index (χ0v) is 11.9. The Bertz CT molecular complexity index is 601. The lowest BCUT2D eigenvalue weighted by molar-refractivity contribution is -0.0435. The van der Waals surface area contributed by atoms with Crippen molar-refractivity contribution in [2.45, 2.75) is 35.8 Å². The number of anilines is 1. The minimum atomic E-state index is -5.39. The summed E-state index contributed by atoms with van der Waals surface area (Å²) in [5.41, 5.74) is -5.42. The highest BCUT2D eigenvalue weighted by Gasteiger charge is 2.47. The Morgan fingerprint density at radius 2 is 1.90 bits per heavy atom. The molecule has 1 aromatic carbocycles. The van der Waals surface area contributed by atoms with Crippen LogP contribution in [0.4, 0.5) is 18.9 Å². The van der Waals surface area contributed by atoms with Crippen molar-refractivity contribution in [2.24, 2.45) is 5.92 Å². The number of alkyl halides is 3. The number of hydrogen-bond acceptors (Lipinski definition) is 4. The van der Waals surface area contributed by atoms with Gasteiger partial charge >= 0.3 is 5.51 Å². The van der Waals surface area contributed by atoms with Gasteiger partial charge < -0.3 is 10.4 Å². The highest BCUT2D eigenvalue weighted by Crippen LogP contribution is 2.34. The third-order valence-electron chi connectivity index (χ3n) is 3.65. The molecule has 1 aliphatic carbocycles. The summed E-state index contributed by atoms with van der Waals surface area (Å²) in [6.45, 7) is 0.242. The Kier molecular flexibility index (Phi) is 4.48. The van der Waals surface area contributed by atoms with Crippen molar-refractivity contribution in [1.82, 2.24) is 0 Å². The van der Waals surface area contributed by atoms with Crippen LogP contribution in [0.3, 0.4) is 0 Å². The molecule has 1 saturated carbocycles. The first-order valence-electron chi connectivity index (χ1n) is 6.56. The Morgan fingerprint density at radius 1 is 1.24 bits per heavy atom. The summed E-state index contributed by atoms with van der Waals surface area (Å²) < 4.78 is 61.0. The van der Waals surface area contributed by atoms with Gasteiger partial charge in [-0.3, -0.25) is 0 Å². The van der Waals surface area contributed by atoms with Gasteiger partial charge in [0.15, 0.2) is 0 Å². The van der Waals surface area contributed by atoms with E-state index in [0.29, 0.717) is 6.42 Å². The first-order valence-corrected chi connectivity index (χ1v) is 8.04. The molecule has 1 fully saturated rings. The molecule has 118 valence electrons. The summed E-state index contributed by atoms with van der Waals surface area (Å²) in [5, 5.41) is 12.4. The van der Waals surface area contributed by atoms with Crippen LogP contribution in [0.15, 0.2) is 29.2 Å². The largest absolute Gasteiger partial charge is 0.501 e. The van der Waals surface area contributed by atoms with Gasteiger partial charge in [-0.2, -0.15) is 13.2 Å².